The van der Waals surface area contributed by atoms with Gasteiger partial charge < -0.3 is 10.2 Å². The number of carbonyl (C=O) groups excluding carboxylic acids is 1. The minimum Gasteiger partial charge on any atom is -0.339 e. The Morgan fingerprint density at radius 3 is 2.55 bits per heavy atom. The standard InChI is InChI=1S/C17H33N3O.ClH/c1-3-20(16-9-5-4-6-10-16)17(21)14-19-11-7-8-15(13-19)12-18-2;/h15-16,18H,3-14H2,1-2H3;1H. The number of nitrogens with one attached hydrogen (secondary N) is 1. The van der Waals surface area contributed by atoms with Gasteiger partial charge in [-0.05, 0) is 58.7 Å². The molecule has 1 heterocycles. The first-order valence-corrected chi connectivity index (χ1v) is 8.91. The molecule has 130 valence electrons. The second kappa shape index (κ2) is 10.5. The van der Waals surface area contributed by atoms with Crippen molar-refractivity contribution in [2.75, 3.05) is 39.8 Å². The Kier molecular flexibility index (Phi) is 9.37. The van der Waals surface area contributed by atoms with Crippen molar-refractivity contribution in [3.05, 3.63) is 0 Å². The minimum atomic E-state index is 0. The zero-order valence-corrected chi connectivity index (χ0v) is 15.2. The molecule has 22 heavy (non-hydrogen) atoms. The number of rotatable bonds is 6. The third-order valence-corrected chi connectivity index (χ3v) is 5.13. The summed E-state index contributed by atoms with van der Waals surface area (Å²) in [5.41, 5.74) is 0. The van der Waals surface area contributed by atoms with Gasteiger partial charge in [-0.15, -0.1) is 12.4 Å². The molecule has 0 aromatic carbocycles. The summed E-state index contributed by atoms with van der Waals surface area (Å²) in [4.78, 5) is 17.2. The van der Waals surface area contributed by atoms with Crippen LogP contribution in [-0.4, -0.2) is 61.5 Å². The fourth-order valence-electron chi connectivity index (χ4n) is 4.06. The Morgan fingerprint density at radius 2 is 1.91 bits per heavy atom. The van der Waals surface area contributed by atoms with Gasteiger partial charge in [0.15, 0.2) is 0 Å². The van der Waals surface area contributed by atoms with E-state index in [-0.39, 0.29) is 12.4 Å². The average molecular weight is 332 g/mol. The Balaban J connectivity index is 0.00000242. The lowest BCUT2D eigenvalue weighted by atomic mass is 9.94. The number of piperidine rings is 1. The first-order valence-electron chi connectivity index (χ1n) is 8.91. The number of likely N-dealkylation sites (tertiary alicyclic amines) is 1. The summed E-state index contributed by atoms with van der Waals surface area (Å²) in [5, 5.41) is 3.27. The van der Waals surface area contributed by atoms with E-state index in [0.29, 0.717) is 24.4 Å². The zero-order chi connectivity index (χ0) is 15.1. The van der Waals surface area contributed by atoms with Gasteiger partial charge >= 0.3 is 0 Å². The summed E-state index contributed by atoms with van der Waals surface area (Å²) in [5.74, 6) is 1.07. The van der Waals surface area contributed by atoms with Crippen LogP contribution in [0, 0.1) is 5.92 Å². The number of hydrogen-bond donors (Lipinski definition) is 1. The van der Waals surface area contributed by atoms with Gasteiger partial charge in [-0.3, -0.25) is 9.69 Å². The van der Waals surface area contributed by atoms with Crippen molar-refractivity contribution in [1.82, 2.24) is 15.1 Å². The van der Waals surface area contributed by atoms with Gasteiger partial charge in [-0.2, -0.15) is 0 Å². The van der Waals surface area contributed by atoms with Gasteiger partial charge in [-0.1, -0.05) is 19.3 Å². The lowest BCUT2D eigenvalue weighted by Gasteiger charge is -2.37. The number of likely N-dealkylation sites (N-methyl/N-ethyl adjacent to an activating group) is 1. The van der Waals surface area contributed by atoms with Crippen LogP contribution in [0.1, 0.15) is 51.9 Å². The van der Waals surface area contributed by atoms with Crippen molar-refractivity contribution in [3.63, 3.8) is 0 Å². The Bertz CT molecular complexity index is 319. The number of amides is 1. The molecule has 1 aliphatic carbocycles. The maximum atomic E-state index is 12.7. The predicted octanol–water partition coefficient (Wildman–Crippen LogP) is 2.52. The highest BCUT2D eigenvalue weighted by atomic mass is 35.5. The van der Waals surface area contributed by atoms with Gasteiger partial charge in [0.05, 0.1) is 6.54 Å². The lowest BCUT2D eigenvalue weighted by molar-refractivity contribution is -0.135. The maximum absolute atomic E-state index is 12.7. The monoisotopic (exact) mass is 331 g/mol. The normalized spacial score (nSPS) is 23.8. The molecule has 2 fully saturated rings. The summed E-state index contributed by atoms with van der Waals surface area (Å²) in [7, 11) is 2.02. The molecule has 0 aromatic rings. The van der Waals surface area contributed by atoms with Gasteiger partial charge in [-0.25, -0.2) is 0 Å². The van der Waals surface area contributed by atoms with E-state index in [1.807, 2.05) is 7.05 Å². The summed E-state index contributed by atoms with van der Waals surface area (Å²) < 4.78 is 0. The number of carbonyl (C=O) groups is 1. The third-order valence-electron chi connectivity index (χ3n) is 5.13. The zero-order valence-electron chi connectivity index (χ0n) is 14.4. The highest BCUT2D eigenvalue weighted by Crippen LogP contribution is 2.23. The van der Waals surface area contributed by atoms with Crippen LogP contribution in [0.4, 0.5) is 0 Å². The molecule has 0 bridgehead atoms. The molecule has 1 N–H and O–H groups in total. The van der Waals surface area contributed by atoms with E-state index in [1.165, 1.54) is 44.9 Å². The molecule has 1 atom stereocenters. The molecule has 2 aliphatic rings. The van der Waals surface area contributed by atoms with E-state index in [0.717, 1.165) is 26.2 Å². The molecule has 1 saturated carbocycles. The first kappa shape index (κ1) is 19.7. The third kappa shape index (κ3) is 5.71. The van der Waals surface area contributed by atoms with Crippen LogP contribution in [0.25, 0.3) is 0 Å². The van der Waals surface area contributed by atoms with E-state index in [1.54, 1.807) is 0 Å². The topological polar surface area (TPSA) is 35.6 Å². The predicted molar refractivity (Wildman–Crippen MR) is 94.6 cm³/mol. The van der Waals surface area contributed by atoms with Crippen LogP contribution in [0.5, 0.6) is 0 Å². The average Bonchev–Trinajstić information content (AvgIpc) is 2.50. The molecule has 1 unspecified atom stereocenters. The highest BCUT2D eigenvalue weighted by molar-refractivity contribution is 5.85. The van der Waals surface area contributed by atoms with Gasteiger partial charge in [0.1, 0.15) is 0 Å². The largest absolute Gasteiger partial charge is 0.339 e. The Labute approximate surface area is 142 Å². The molecular weight excluding hydrogens is 298 g/mol. The van der Waals surface area contributed by atoms with E-state index in [4.69, 9.17) is 0 Å². The van der Waals surface area contributed by atoms with E-state index in [9.17, 15) is 4.79 Å². The summed E-state index contributed by atoms with van der Waals surface area (Å²) in [6.45, 7) is 6.88. The van der Waals surface area contributed by atoms with Gasteiger partial charge in [0.2, 0.25) is 5.91 Å². The molecule has 0 spiro atoms. The molecular formula is C17H34ClN3O. The fraction of sp³-hybridized carbons (Fsp3) is 0.941. The van der Waals surface area contributed by atoms with Crippen molar-refractivity contribution in [3.8, 4) is 0 Å². The van der Waals surface area contributed by atoms with E-state index < -0.39 is 0 Å². The lowest BCUT2D eigenvalue weighted by Crippen LogP contribution is -2.48. The Hall–Kier alpha value is -0.320. The molecule has 2 rings (SSSR count). The highest BCUT2D eigenvalue weighted by Gasteiger charge is 2.27. The van der Waals surface area contributed by atoms with Crippen LogP contribution < -0.4 is 5.32 Å². The summed E-state index contributed by atoms with van der Waals surface area (Å²) >= 11 is 0. The smallest absolute Gasteiger partial charge is 0.236 e. The van der Waals surface area contributed by atoms with Crippen LogP contribution in [0.2, 0.25) is 0 Å². The molecule has 5 heteroatoms. The van der Waals surface area contributed by atoms with E-state index >= 15 is 0 Å². The van der Waals surface area contributed by atoms with E-state index in [2.05, 4.69) is 22.0 Å². The van der Waals surface area contributed by atoms with Gasteiger partial charge in [0, 0.05) is 19.1 Å². The second-order valence-electron chi connectivity index (χ2n) is 6.77. The van der Waals surface area contributed by atoms with Gasteiger partial charge in [0.25, 0.3) is 0 Å². The molecule has 1 amide bonds. The van der Waals surface area contributed by atoms with Crippen LogP contribution >= 0.6 is 12.4 Å². The second-order valence-corrected chi connectivity index (χ2v) is 6.77. The number of hydrogen-bond acceptors (Lipinski definition) is 3. The SMILES string of the molecule is CCN(C(=O)CN1CCCC(CNC)C1)C1CCCCC1.Cl. The van der Waals surface area contributed by atoms with Crippen molar-refractivity contribution in [2.24, 2.45) is 5.92 Å². The summed E-state index contributed by atoms with van der Waals surface area (Å²) in [6, 6.07) is 0.508. The molecule has 0 radical (unpaired) electrons. The maximum Gasteiger partial charge on any atom is 0.236 e. The number of nitrogens with zero attached hydrogens (tertiary/aromatic N) is 2. The molecule has 4 nitrogen and oxygen atoms in total. The molecule has 1 aliphatic heterocycles. The van der Waals surface area contributed by atoms with Crippen molar-refractivity contribution in [1.29, 1.82) is 0 Å². The summed E-state index contributed by atoms with van der Waals surface area (Å²) in [6.07, 6.45) is 8.88. The first-order chi connectivity index (χ1) is 10.2. The van der Waals surface area contributed by atoms with Crippen molar-refractivity contribution >= 4 is 18.3 Å². The van der Waals surface area contributed by atoms with Crippen LogP contribution in [-0.2, 0) is 4.79 Å². The quantitative estimate of drug-likeness (QED) is 0.812. The number of halogens is 1. The van der Waals surface area contributed by atoms with Crippen molar-refractivity contribution in [2.45, 2.75) is 57.9 Å². The van der Waals surface area contributed by atoms with Crippen LogP contribution in [0.3, 0.4) is 0 Å². The Morgan fingerprint density at radius 1 is 1.18 bits per heavy atom. The minimum absolute atomic E-state index is 0. The van der Waals surface area contributed by atoms with Crippen LogP contribution in [0.15, 0.2) is 0 Å². The molecule has 1 saturated heterocycles. The fourth-order valence-corrected chi connectivity index (χ4v) is 4.06. The van der Waals surface area contributed by atoms with Crippen molar-refractivity contribution < 1.29 is 4.79 Å². The molecule has 0 aromatic heterocycles.